The molecule has 0 spiro atoms. The molecule has 0 heterocycles. The number of hydrogen-bond donors (Lipinski definition) is 2. The van der Waals surface area contributed by atoms with Crippen LogP contribution >= 0.6 is 11.6 Å². The summed E-state index contributed by atoms with van der Waals surface area (Å²) in [6.07, 6.45) is 2.42. The molecule has 3 nitrogen and oxygen atoms in total. The molecule has 2 unspecified atom stereocenters. The van der Waals surface area contributed by atoms with Gasteiger partial charge in [-0.3, -0.25) is 0 Å². The first kappa shape index (κ1) is 15.2. The lowest BCUT2D eigenvalue weighted by Gasteiger charge is -2.46. The number of benzene rings is 1. The first-order chi connectivity index (χ1) is 9.25. The van der Waals surface area contributed by atoms with Gasteiger partial charge in [-0.15, -0.1) is 0 Å². The van der Waals surface area contributed by atoms with Crippen LogP contribution in [0.4, 0.5) is 5.69 Å². The van der Waals surface area contributed by atoms with Gasteiger partial charge in [0.1, 0.15) is 5.54 Å². The van der Waals surface area contributed by atoms with E-state index in [1.54, 1.807) is 12.1 Å². The van der Waals surface area contributed by atoms with Gasteiger partial charge in [-0.1, -0.05) is 38.4 Å². The Morgan fingerprint density at radius 2 is 2.10 bits per heavy atom. The predicted molar refractivity (Wildman–Crippen MR) is 82.2 cm³/mol. The van der Waals surface area contributed by atoms with E-state index in [1.807, 2.05) is 19.1 Å². The van der Waals surface area contributed by atoms with Crippen molar-refractivity contribution >= 4 is 23.3 Å². The van der Waals surface area contributed by atoms with Crippen LogP contribution < -0.4 is 5.32 Å². The molecule has 2 N–H and O–H groups in total. The Bertz CT molecular complexity index is 515. The van der Waals surface area contributed by atoms with Crippen molar-refractivity contribution in [1.29, 1.82) is 0 Å². The molecule has 0 aliphatic heterocycles. The second-order valence-corrected chi connectivity index (χ2v) is 7.12. The quantitative estimate of drug-likeness (QED) is 0.868. The van der Waals surface area contributed by atoms with Crippen LogP contribution in [-0.2, 0) is 4.79 Å². The van der Waals surface area contributed by atoms with Crippen molar-refractivity contribution in [2.45, 2.75) is 45.6 Å². The highest BCUT2D eigenvalue weighted by molar-refractivity contribution is 6.30. The van der Waals surface area contributed by atoms with Crippen LogP contribution in [0.5, 0.6) is 0 Å². The Labute approximate surface area is 125 Å². The van der Waals surface area contributed by atoms with Crippen molar-refractivity contribution in [3.63, 3.8) is 0 Å². The van der Waals surface area contributed by atoms with Crippen molar-refractivity contribution in [2.75, 3.05) is 5.32 Å². The number of carbonyl (C=O) groups is 1. The van der Waals surface area contributed by atoms with Crippen molar-refractivity contribution in [2.24, 2.45) is 11.3 Å². The Hall–Kier alpha value is -1.22. The molecule has 0 saturated heterocycles. The Balaban J connectivity index is 2.29. The highest BCUT2D eigenvalue weighted by atomic mass is 35.5. The molecule has 4 heteroatoms. The fourth-order valence-electron chi connectivity index (χ4n) is 3.27. The number of carboxylic acids is 1. The first-order valence-electron chi connectivity index (χ1n) is 7.02. The minimum absolute atomic E-state index is 0.0581. The lowest BCUT2D eigenvalue weighted by molar-refractivity contribution is -0.146. The van der Waals surface area contributed by atoms with E-state index in [2.05, 4.69) is 19.2 Å². The van der Waals surface area contributed by atoms with Gasteiger partial charge in [0.15, 0.2) is 0 Å². The molecule has 0 amide bonds. The van der Waals surface area contributed by atoms with Gasteiger partial charge in [0.05, 0.1) is 0 Å². The first-order valence-corrected chi connectivity index (χ1v) is 7.40. The van der Waals surface area contributed by atoms with E-state index >= 15 is 0 Å². The maximum absolute atomic E-state index is 11.9. The zero-order valence-electron chi connectivity index (χ0n) is 12.2. The smallest absolute Gasteiger partial charge is 0.329 e. The minimum atomic E-state index is -0.903. The summed E-state index contributed by atoms with van der Waals surface area (Å²) in [5.74, 6) is -0.719. The number of rotatable bonds is 3. The molecule has 2 atom stereocenters. The van der Waals surface area contributed by atoms with Crippen LogP contribution in [0.2, 0.25) is 5.02 Å². The van der Waals surface area contributed by atoms with E-state index in [4.69, 9.17) is 11.6 Å². The monoisotopic (exact) mass is 295 g/mol. The standard InChI is InChI=1S/C16H22ClNO2/c1-11-10-15(2,3)7-8-16(11,14(19)20)18-13-6-4-5-12(17)9-13/h4-6,9,11,18H,7-8,10H2,1-3H3,(H,19,20). The molecule has 1 fully saturated rings. The number of nitrogens with one attached hydrogen (secondary N) is 1. The molecule has 2 rings (SSSR count). The fraction of sp³-hybridized carbons (Fsp3) is 0.562. The van der Waals surface area contributed by atoms with Gasteiger partial charge in [-0.2, -0.15) is 0 Å². The van der Waals surface area contributed by atoms with Gasteiger partial charge in [0.2, 0.25) is 0 Å². The summed E-state index contributed by atoms with van der Waals surface area (Å²) in [5, 5.41) is 13.6. The van der Waals surface area contributed by atoms with Crippen molar-refractivity contribution in [3.8, 4) is 0 Å². The molecule has 110 valence electrons. The van der Waals surface area contributed by atoms with Gasteiger partial charge in [-0.05, 0) is 48.8 Å². The van der Waals surface area contributed by atoms with Crippen molar-refractivity contribution in [3.05, 3.63) is 29.3 Å². The van der Waals surface area contributed by atoms with Gasteiger partial charge in [0, 0.05) is 10.7 Å². The summed E-state index contributed by atoms with van der Waals surface area (Å²) in [6, 6.07) is 7.26. The third-order valence-electron chi connectivity index (χ3n) is 4.47. The zero-order chi connectivity index (χ0) is 15.0. The average molecular weight is 296 g/mol. The summed E-state index contributed by atoms with van der Waals surface area (Å²) in [7, 11) is 0. The molecule has 1 aromatic rings. The maximum atomic E-state index is 11.9. The molecule has 1 aliphatic carbocycles. The number of anilines is 1. The van der Waals surface area contributed by atoms with Gasteiger partial charge < -0.3 is 10.4 Å². The topological polar surface area (TPSA) is 49.3 Å². The third-order valence-corrected chi connectivity index (χ3v) is 4.70. The van der Waals surface area contributed by atoms with Crippen LogP contribution in [0.1, 0.15) is 40.0 Å². The lowest BCUT2D eigenvalue weighted by Crippen LogP contribution is -2.55. The van der Waals surface area contributed by atoms with E-state index in [0.29, 0.717) is 11.4 Å². The normalized spacial score (nSPS) is 28.9. The molecule has 1 aliphatic rings. The summed E-state index contributed by atoms with van der Waals surface area (Å²) >= 11 is 5.98. The molecular formula is C16H22ClNO2. The van der Waals surface area contributed by atoms with E-state index in [1.165, 1.54) is 0 Å². The summed E-state index contributed by atoms with van der Waals surface area (Å²) < 4.78 is 0. The summed E-state index contributed by atoms with van der Waals surface area (Å²) in [6.45, 7) is 6.43. The lowest BCUT2D eigenvalue weighted by atomic mass is 9.63. The minimum Gasteiger partial charge on any atom is -0.479 e. The van der Waals surface area contributed by atoms with Crippen LogP contribution in [0.25, 0.3) is 0 Å². The van der Waals surface area contributed by atoms with Gasteiger partial charge in [0.25, 0.3) is 0 Å². The number of aliphatic carboxylic acids is 1. The molecule has 0 bridgehead atoms. The van der Waals surface area contributed by atoms with Crippen LogP contribution in [0, 0.1) is 11.3 Å². The van der Waals surface area contributed by atoms with E-state index < -0.39 is 11.5 Å². The number of halogens is 1. The molecule has 0 radical (unpaired) electrons. The summed E-state index contributed by atoms with van der Waals surface area (Å²) in [4.78, 5) is 11.9. The average Bonchev–Trinajstić information content (AvgIpc) is 2.32. The van der Waals surface area contributed by atoms with E-state index in [0.717, 1.165) is 18.5 Å². The van der Waals surface area contributed by atoms with Crippen LogP contribution in [-0.4, -0.2) is 16.6 Å². The van der Waals surface area contributed by atoms with Gasteiger partial charge >= 0.3 is 5.97 Å². The zero-order valence-corrected chi connectivity index (χ0v) is 13.0. The largest absolute Gasteiger partial charge is 0.479 e. The van der Waals surface area contributed by atoms with Crippen molar-refractivity contribution in [1.82, 2.24) is 0 Å². The number of carboxylic acid groups (broad SMARTS) is 1. The fourth-order valence-corrected chi connectivity index (χ4v) is 3.46. The van der Waals surface area contributed by atoms with Crippen LogP contribution in [0.15, 0.2) is 24.3 Å². The second kappa shape index (κ2) is 5.28. The highest BCUT2D eigenvalue weighted by Gasteiger charge is 2.49. The van der Waals surface area contributed by atoms with E-state index in [-0.39, 0.29) is 11.3 Å². The molecular weight excluding hydrogens is 274 g/mol. The third kappa shape index (κ3) is 2.93. The molecule has 20 heavy (non-hydrogen) atoms. The van der Waals surface area contributed by atoms with E-state index in [9.17, 15) is 9.90 Å². The van der Waals surface area contributed by atoms with Gasteiger partial charge in [-0.25, -0.2) is 4.79 Å². The Morgan fingerprint density at radius 3 is 2.65 bits per heavy atom. The maximum Gasteiger partial charge on any atom is 0.329 e. The summed E-state index contributed by atoms with van der Waals surface area (Å²) in [5.41, 5.74) is 0.0700. The SMILES string of the molecule is CC1CC(C)(C)CCC1(Nc1cccc(Cl)c1)C(=O)O. The molecule has 1 saturated carbocycles. The Morgan fingerprint density at radius 1 is 1.40 bits per heavy atom. The molecule has 1 aromatic carbocycles. The Kier molecular flexibility index (Phi) is 4.01. The number of hydrogen-bond acceptors (Lipinski definition) is 2. The predicted octanol–water partition coefficient (Wildman–Crippen LogP) is 4.42. The second-order valence-electron chi connectivity index (χ2n) is 6.68. The van der Waals surface area contributed by atoms with Crippen molar-refractivity contribution < 1.29 is 9.90 Å². The van der Waals surface area contributed by atoms with Crippen LogP contribution in [0.3, 0.4) is 0 Å². The molecule has 0 aromatic heterocycles. The highest BCUT2D eigenvalue weighted by Crippen LogP contribution is 2.45.